The Morgan fingerprint density at radius 2 is 2.11 bits per heavy atom. The molecule has 106 valence electrons. The third-order valence-electron chi connectivity index (χ3n) is 3.93. The second-order valence-corrected chi connectivity index (χ2v) is 6.33. The molecular weight excluding hydrogens is 302 g/mol. The minimum absolute atomic E-state index is 0.778. The number of hydrogen-bond acceptors (Lipinski definition) is 3. The molecule has 0 unspecified atom stereocenters. The lowest BCUT2D eigenvalue weighted by Gasteiger charge is -2.31. The summed E-state index contributed by atoms with van der Waals surface area (Å²) >= 11 is 3.53. The molecule has 1 aliphatic heterocycles. The molecule has 0 aromatic heterocycles. The van der Waals surface area contributed by atoms with E-state index in [9.17, 15) is 0 Å². The normalized spacial score (nSPS) is 17.6. The Hall–Kier alpha value is -0.580. The first kappa shape index (κ1) is 14.8. The molecule has 1 fully saturated rings. The number of rotatable bonds is 5. The number of likely N-dealkylation sites (tertiary alicyclic amines) is 1. The Kier molecular flexibility index (Phi) is 5.67. The molecule has 1 aromatic rings. The molecular formula is C15H24BrN3. The molecule has 3 N–H and O–H groups in total. The SMILES string of the molecule is Cc1ccc(Br)cc1NCC1CCN(CCN)CC1. The van der Waals surface area contributed by atoms with Crippen LogP contribution in [0.3, 0.4) is 0 Å². The smallest absolute Gasteiger partial charge is 0.0381 e. The van der Waals surface area contributed by atoms with Crippen LogP contribution in [0.1, 0.15) is 18.4 Å². The zero-order chi connectivity index (χ0) is 13.7. The summed E-state index contributed by atoms with van der Waals surface area (Å²) in [4.78, 5) is 2.47. The van der Waals surface area contributed by atoms with Crippen molar-refractivity contribution in [3.63, 3.8) is 0 Å². The van der Waals surface area contributed by atoms with Crippen molar-refractivity contribution in [3.8, 4) is 0 Å². The van der Waals surface area contributed by atoms with Gasteiger partial charge in [0.15, 0.2) is 0 Å². The second-order valence-electron chi connectivity index (χ2n) is 5.41. The van der Waals surface area contributed by atoms with Crippen LogP contribution in [-0.2, 0) is 0 Å². The van der Waals surface area contributed by atoms with E-state index in [1.807, 2.05) is 0 Å². The Balaban J connectivity index is 1.79. The standard InChI is InChI=1S/C15H24BrN3/c1-12-2-3-14(16)10-15(12)18-11-13-4-7-19(8-5-13)9-6-17/h2-3,10,13,18H,4-9,11,17H2,1H3. The number of nitrogens with one attached hydrogen (secondary N) is 1. The fourth-order valence-electron chi connectivity index (χ4n) is 2.64. The fraction of sp³-hybridized carbons (Fsp3) is 0.600. The third kappa shape index (κ3) is 4.48. The van der Waals surface area contributed by atoms with Crippen LogP contribution in [0.15, 0.2) is 22.7 Å². The first-order valence-corrected chi connectivity index (χ1v) is 7.91. The Labute approximate surface area is 124 Å². The van der Waals surface area contributed by atoms with Gasteiger partial charge in [-0.05, 0) is 56.5 Å². The molecule has 0 amide bonds. The fourth-order valence-corrected chi connectivity index (χ4v) is 3.00. The second kappa shape index (κ2) is 7.27. The van der Waals surface area contributed by atoms with Gasteiger partial charge < -0.3 is 16.0 Å². The van der Waals surface area contributed by atoms with E-state index in [1.165, 1.54) is 37.2 Å². The number of aryl methyl sites for hydroxylation is 1. The molecule has 1 aliphatic rings. The summed E-state index contributed by atoms with van der Waals surface area (Å²) in [5, 5.41) is 3.60. The summed E-state index contributed by atoms with van der Waals surface area (Å²) in [5.74, 6) is 0.785. The van der Waals surface area contributed by atoms with E-state index in [1.54, 1.807) is 0 Å². The van der Waals surface area contributed by atoms with Gasteiger partial charge in [0, 0.05) is 29.8 Å². The highest BCUT2D eigenvalue weighted by atomic mass is 79.9. The highest BCUT2D eigenvalue weighted by Gasteiger charge is 2.18. The molecule has 0 bridgehead atoms. The van der Waals surface area contributed by atoms with Crippen LogP contribution in [0.2, 0.25) is 0 Å². The molecule has 3 nitrogen and oxygen atoms in total. The van der Waals surface area contributed by atoms with Crippen LogP contribution in [0.5, 0.6) is 0 Å². The molecule has 0 atom stereocenters. The lowest BCUT2D eigenvalue weighted by molar-refractivity contribution is 0.194. The number of anilines is 1. The highest BCUT2D eigenvalue weighted by Crippen LogP contribution is 2.23. The van der Waals surface area contributed by atoms with Crippen LogP contribution in [-0.4, -0.2) is 37.6 Å². The van der Waals surface area contributed by atoms with E-state index in [4.69, 9.17) is 5.73 Å². The summed E-state index contributed by atoms with van der Waals surface area (Å²) in [6, 6.07) is 6.40. The first-order valence-electron chi connectivity index (χ1n) is 7.11. The number of halogens is 1. The van der Waals surface area contributed by atoms with Gasteiger partial charge in [-0.25, -0.2) is 0 Å². The van der Waals surface area contributed by atoms with E-state index in [0.29, 0.717) is 0 Å². The molecule has 4 heteroatoms. The molecule has 19 heavy (non-hydrogen) atoms. The average Bonchev–Trinajstić information content (AvgIpc) is 2.42. The maximum atomic E-state index is 5.60. The van der Waals surface area contributed by atoms with Crippen LogP contribution in [0, 0.1) is 12.8 Å². The lowest BCUT2D eigenvalue weighted by Crippen LogP contribution is -2.38. The predicted octanol–water partition coefficient (Wildman–Crippen LogP) is 2.84. The van der Waals surface area contributed by atoms with E-state index in [2.05, 4.69) is 51.3 Å². The van der Waals surface area contributed by atoms with Gasteiger partial charge in [0.1, 0.15) is 0 Å². The van der Waals surface area contributed by atoms with Crippen molar-refractivity contribution >= 4 is 21.6 Å². The van der Waals surface area contributed by atoms with E-state index >= 15 is 0 Å². The maximum absolute atomic E-state index is 5.60. The molecule has 1 saturated heterocycles. The average molecular weight is 326 g/mol. The lowest BCUT2D eigenvalue weighted by atomic mass is 9.96. The quantitative estimate of drug-likeness (QED) is 0.874. The Bertz CT molecular complexity index is 400. The van der Waals surface area contributed by atoms with Gasteiger partial charge in [-0.2, -0.15) is 0 Å². The van der Waals surface area contributed by atoms with Gasteiger partial charge in [-0.15, -0.1) is 0 Å². The minimum Gasteiger partial charge on any atom is -0.385 e. The number of nitrogens with two attached hydrogens (primary N) is 1. The molecule has 0 spiro atoms. The molecule has 2 rings (SSSR count). The summed E-state index contributed by atoms with van der Waals surface area (Å²) in [6.45, 7) is 7.44. The van der Waals surface area contributed by atoms with Crippen LogP contribution < -0.4 is 11.1 Å². The van der Waals surface area contributed by atoms with Crippen molar-refractivity contribution in [1.82, 2.24) is 4.90 Å². The van der Waals surface area contributed by atoms with Gasteiger partial charge in [-0.1, -0.05) is 22.0 Å². The monoisotopic (exact) mass is 325 g/mol. The van der Waals surface area contributed by atoms with Crippen molar-refractivity contribution < 1.29 is 0 Å². The summed E-state index contributed by atoms with van der Waals surface area (Å²) in [7, 11) is 0. The topological polar surface area (TPSA) is 41.3 Å². The van der Waals surface area contributed by atoms with Gasteiger partial charge in [-0.3, -0.25) is 0 Å². The first-order chi connectivity index (χ1) is 9.19. The van der Waals surface area contributed by atoms with Crippen molar-refractivity contribution in [2.24, 2.45) is 11.7 Å². The molecule has 0 radical (unpaired) electrons. The predicted molar refractivity (Wildman–Crippen MR) is 85.6 cm³/mol. The Morgan fingerprint density at radius 1 is 1.37 bits per heavy atom. The zero-order valence-electron chi connectivity index (χ0n) is 11.7. The maximum Gasteiger partial charge on any atom is 0.0381 e. The van der Waals surface area contributed by atoms with Crippen LogP contribution in [0.25, 0.3) is 0 Å². The number of benzene rings is 1. The minimum atomic E-state index is 0.778. The molecule has 1 heterocycles. The van der Waals surface area contributed by atoms with Gasteiger partial charge in [0.2, 0.25) is 0 Å². The van der Waals surface area contributed by atoms with E-state index in [-0.39, 0.29) is 0 Å². The van der Waals surface area contributed by atoms with Gasteiger partial charge in [0.25, 0.3) is 0 Å². The molecule has 0 saturated carbocycles. The van der Waals surface area contributed by atoms with Gasteiger partial charge in [0.05, 0.1) is 0 Å². The summed E-state index contributed by atoms with van der Waals surface area (Å²) < 4.78 is 1.14. The van der Waals surface area contributed by atoms with Crippen molar-refractivity contribution in [2.45, 2.75) is 19.8 Å². The molecule has 0 aliphatic carbocycles. The van der Waals surface area contributed by atoms with E-state index in [0.717, 1.165) is 30.0 Å². The van der Waals surface area contributed by atoms with Crippen molar-refractivity contribution in [2.75, 3.05) is 38.0 Å². The zero-order valence-corrected chi connectivity index (χ0v) is 13.2. The van der Waals surface area contributed by atoms with E-state index < -0.39 is 0 Å². The Morgan fingerprint density at radius 3 is 2.79 bits per heavy atom. The van der Waals surface area contributed by atoms with Crippen molar-refractivity contribution in [3.05, 3.63) is 28.2 Å². The number of hydrogen-bond donors (Lipinski definition) is 2. The largest absolute Gasteiger partial charge is 0.385 e. The number of nitrogens with zero attached hydrogens (tertiary/aromatic N) is 1. The van der Waals surface area contributed by atoms with Crippen LogP contribution >= 0.6 is 15.9 Å². The number of piperidine rings is 1. The van der Waals surface area contributed by atoms with Crippen LogP contribution in [0.4, 0.5) is 5.69 Å². The summed E-state index contributed by atoms with van der Waals surface area (Å²) in [6.07, 6.45) is 2.56. The third-order valence-corrected chi connectivity index (χ3v) is 4.43. The molecule has 1 aromatic carbocycles. The summed E-state index contributed by atoms with van der Waals surface area (Å²) in [5.41, 5.74) is 8.16. The van der Waals surface area contributed by atoms with Gasteiger partial charge >= 0.3 is 0 Å². The highest BCUT2D eigenvalue weighted by molar-refractivity contribution is 9.10. The van der Waals surface area contributed by atoms with Crippen molar-refractivity contribution in [1.29, 1.82) is 0 Å².